The lowest BCUT2D eigenvalue weighted by molar-refractivity contribution is 0.368. The van der Waals surface area contributed by atoms with Crippen LogP contribution in [0.15, 0.2) is 24.8 Å². The van der Waals surface area contributed by atoms with E-state index in [0.29, 0.717) is 0 Å². The minimum Gasteiger partial charge on any atom is -0.328 e. The fraction of sp³-hybridized carbons (Fsp3) is 0. The van der Waals surface area contributed by atoms with E-state index in [1.54, 1.807) is 18.5 Å². The lowest BCUT2D eigenvalue weighted by Gasteiger charge is -1.76. The number of hydrogen-bond donors (Lipinski definition) is 3. The third kappa shape index (κ3) is 10.4. The Kier molecular flexibility index (Phi) is 6.11. The molecule has 0 aromatic carbocycles. The summed E-state index contributed by atoms with van der Waals surface area (Å²) in [6, 6.07) is 1.78. The molecule has 0 saturated heterocycles. The van der Waals surface area contributed by atoms with Crippen molar-refractivity contribution in [1.29, 1.82) is 0 Å². The first-order valence-corrected chi connectivity index (χ1v) is 3.50. The molecule has 0 bridgehead atoms. The molecule has 0 amide bonds. The maximum atomic E-state index is 7.23. The Balaban J connectivity index is 0.000000180. The summed E-state index contributed by atoms with van der Waals surface area (Å²) in [4.78, 5) is 29.0. The van der Waals surface area contributed by atoms with Gasteiger partial charge < -0.3 is 14.7 Å². The molecule has 10 heavy (non-hydrogen) atoms. The van der Waals surface area contributed by atoms with E-state index >= 15 is 0 Å². The van der Waals surface area contributed by atoms with Crippen LogP contribution in [-0.2, 0) is 0 Å². The van der Waals surface area contributed by atoms with Crippen LogP contribution in [0.5, 0.6) is 0 Å². The summed E-state index contributed by atoms with van der Waals surface area (Å²) < 4.78 is 0. The van der Waals surface area contributed by atoms with Gasteiger partial charge in [0, 0.05) is 12.4 Å². The molecule has 6 heteroatoms. The van der Waals surface area contributed by atoms with Crippen molar-refractivity contribution in [1.82, 2.24) is 9.97 Å². The number of rotatable bonds is 0. The fourth-order valence-electron chi connectivity index (χ4n) is 0.253. The van der Waals surface area contributed by atoms with E-state index in [-0.39, 0.29) is 0 Å². The smallest absolute Gasteiger partial charge is 0.324 e. The van der Waals surface area contributed by atoms with Crippen LogP contribution in [0, 0.1) is 0 Å². The van der Waals surface area contributed by atoms with Crippen LogP contribution in [0.3, 0.4) is 0 Å². The second-order valence-corrected chi connectivity index (χ2v) is 1.71. The van der Waals surface area contributed by atoms with Gasteiger partial charge in [-0.2, -0.15) is 0 Å². The Morgan fingerprint density at radius 1 is 1.00 bits per heavy atom. The number of aromatic nitrogens is 2. The van der Waals surface area contributed by atoms with Crippen molar-refractivity contribution in [3.63, 3.8) is 0 Å². The van der Waals surface area contributed by atoms with Crippen LogP contribution < -0.4 is 0 Å². The average molecular weight is 162 g/mol. The molecule has 0 fully saturated rings. The first-order chi connectivity index (χ1) is 4.73. The second kappa shape index (κ2) is 6.51. The van der Waals surface area contributed by atoms with Crippen LogP contribution in [0.2, 0.25) is 0 Å². The second-order valence-electron chi connectivity index (χ2n) is 1.17. The zero-order valence-electron chi connectivity index (χ0n) is 4.99. The van der Waals surface area contributed by atoms with Gasteiger partial charge in [-0.1, -0.05) is 0 Å². The highest BCUT2D eigenvalue weighted by atomic mass is 31.2. The zero-order valence-corrected chi connectivity index (χ0v) is 5.89. The molecule has 56 valence electrons. The van der Waals surface area contributed by atoms with Gasteiger partial charge in [-0.25, -0.2) is 9.97 Å². The molecule has 1 aromatic rings. The molecular formula is C4H7N2O3P. The van der Waals surface area contributed by atoms with Gasteiger partial charge in [0.2, 0.25) is 0 Å². The van der Waals surface area contributed by atoms with Crippen molar-refractivity contribution in [3.05, 3.63) is 24.8 Å². The van der Waals surface area contributed by atoms with Gasteiger partial charge >= 0.3 is 8.60 Å². The molecule has 0 atom stereocenters. The minimum atomic E-state index is -2.62. The van der Waals surface area contributed by atoms with E-state index < -0.39 is 8.60 Å². The van der Waals surface area contributed by atoms with E-state index in [1.165, 1.54) is 6.33 Å². The summed E-state index contributed by atoms with van der Waals surface area (Å²) in [5.74, 6) is 0. The SMILES string of the molecule is OP(O)O.c1cncnc1. The molecule has 5 nitrogen and oxygen atoms in total. The lowest BCUT2D eigenvalue weighted by atomic mass is 10.7. The third-order valence-electron chi connectivity index (χ3n) is 0.478. The van der Waals surface area contributed by atoms with Crippen molar-refractivity contribution in [2.24, 2.45) is 0 Å². The molecule has 0 radical (unpaired) electrons. The van der Waals surface area contributed by atoms with Gasteiger partial charge in [0.05, 0.1) is 0 Å². The summed E-state index contributed by atoms with van der Waals surface area (Å²) in [5, 5.41) is 0. The highest BCUT2D eigenvalue weighted by Crippen LogP contribution is 2.11. The first-order valence-electron chi connectivity index (χ1n) is 2.30. The Morgan fingerprint density at radius 2 is 1.40 bits per heavy atom. The molecule has 1 heterocycles. The van der Waals surface area contributed by atoms with Crippen LogP contribution >= 0.6 is 8.60 Å². The summed E-state index contributed by atoms with van der Waals surface area (Å²) in [5.41, 5.74) is 0. The summed E-state index contributed by atoms with van der Waals surface area (Å²) in [6.07, 6.45) is 4.88. The van der Waals surface area contributed by atoms with Crippen LogP contribution in [0.4, 0.5) is 0 Å². The molecule has 0 spiro atoms. The molecule has 0 saturated carbocycles. The van der Waals surface area contributed by atoms with E-state index in [2.05, 4.69) is 9.97 Å². The van der Waals surface area contributed by atoms with Gasteiger partial charge in [-0.05, 0) is 6.07 Å². The van der Waals surface area contributed by atoms with Gasteiger partial charge in [-0.15, -0.1) is 0 Å². The van der Waals surface area contributed by atoms with Crippen molar-refractivity contribution < 1.29 is 14.7 Å². The normalized spacial score (nSPS) is 8.40. The highest BCUT2D eigenvalue weighted by Gasteiger charge is 1.76. The fourth-order valence-corrected chi connectivity index (χ4v) is 0.253. The summed E-state index contributed by atoms with van der Waals surface area (Å²) in [6.45, 7) is 0. The van der Waals surface area contributed by atoms with Crippen molar-refractivity contribution in [2.75, 3.05) is 0 Å². The summed E-state index contributed by atoms with van der Waals surface area (Å²) >= 11 is 0. The maximum Gasteiger partial charge on any atom is 0.324 e. The predicted molar refractivity (Wildman–Crippen MR) is 35.6 cm³/mol. The quantitative estimate of drug-likeness (QED) is 0.454. The Morgan fingerprint density at radius 3 is 1.50 bits per heavy atom. The predicted octanol–water partition coefficient (Wildman–Crippen LogP) is -0.333. The van der Waals surface area contributed by atoms with E-state index in [0.717, 1.165) is 0 Å². The first kappa shape index (κ1) is 9.39. The topological polar surface area (TPSA) is 86.5 Å². The van der Waals surface area contributed by atoms with E-state index in [4.69, 9.17) is 14.7 Å². The van der Waals surface area contributed by atoms with Crippen LogP contribution in [0.25, 0.3) is 0 Å². The molecule has 0 unspecified atom stereocenters. The van der Waals surface area contributed by atoms with E-state index in [1.807, 2.05) is 0 Å². The lowest BCUT2D eigenvalue weighted by Crippen LogP contribution is -1.66. The molecule has 0 aliphatic rings. The molecule has 1 rings (SSSR count). The molecule has 0 aliphatic carbocycles. The van der Waals surface area contributed by atoms with Crippen molar-refractivity contribution >= 4 is 8.60 Å². The monoisotopic (exact) mass is 162 g/mol. The highest BCUT2D eigenvalue weighted by molar-refractivity contribution is 7.38. The minimum absolute atomic E-state index is 1.50. The summed E-state index contributed by atoms with van der Waals surface area (Å²) in [7, 11) is -2.62. The van der Waals surface area contributed by atoms with Gasteiger partial charge in [0.15, 0.2) is 0 Å². The van der Waals surface area contributed by atoms with Crippen molar-refractivity contribution in [2.45, 2.75) is 0 Å². The maximum absolute atomic E-state index is 7.23. The van der Waals surface area contributed by atoms with Gasteiger partial charge in [-0.3, -0.25) is 0 Å². The molecular weight excluding hydrogens is 155 g/mol. The largest absolute Gasteiger partial charge is 0.328 e. The molecule has 0 aliphatic heterocycles. The van der Waals surface area contributed by atoms with Crippen LogP contribution in [0.1, 0.15) is 0 Å². The van der Waals surface area contributed by atoms with E-state index in [9.17, 15) is 0 Å². The Labute approximate surface area is 59.0 Å². The number of hydrogen-bond acceptors (Lipinski definition) is 5. The Bertz CT molecular complexity index is 119. The average Bonchev–Trinajstić information content (AvgIpc) is 1.90. The zero-order chi connectivity index (χ0) is 7.82. The molecule has 1 aromatic heterocycles. The van der Waals surface area contributed by atoms with Gasteiger partial charge in [0.1, 0.15) is 6.33 Å². The number of nitrogens with zero attached hydrogens (tertiary/aromatic N) is 2. The van der Waals surface area contributed by atoms with Crippen molar-refractivity contribution in [3.8, 4) is 0 Å². The standard InChI is InChI=1S/C4H4N2.H3O3P/c1-2-5-4-6-3-1;1-4(2)3/h1-4H;1-3H. The van der Waals surface area contributed by atoms with Crippen LogP contribution in [-0.4, -0.2) is 24.6 Å². The Hall–Kier alpha value is -0.610. The third-order valence-corrected chi connectivity index (χ3v) is 0.478. The molecule has 3 N–H and O–H groups in total. The van der Waals surface area contributed by atoms with Gasteiger partial charge in [0.25, 0.3) is 0 Å².